The van der Waals surface area contributed by atoms with Crippen molar-refractivity contribution in [1.82, 2.24) is 10.2 Å². The van der Waals surface area contributed by atoms with Gasteiger partial charge in [-0.15, -0.1) is 6.42 Å². The van der Waals surface area contributed by atoms with Crippen LogP contribution in [0.25, 0.3) is 0 Å². The number of carbonyl (C=O) groups is 3. The van der Waals surface area contributed by atoms with Gasteiger partial charge in [0.05, 0.1) is 12.0 Å². The Hall–Kier alpha value is -1.83. The molecule has 1 aliphatic carbocycles. The molecule has 0 unspecified atom stereocenters. The summed E-state index contributed by atoms with van der Waals surface area (Å²) >= 11 is 0. The highest BCUT2D eigenvalue weighted by Crippen LogP contribution is 2.45. The van der Waals surface area contributed by atoms with Crippen molar-refractivity contribution in [2.24, 2.45) is 5.41 Å². The van der Waals surface area contributed by atoms with Crippen LogP contribution in [0.15, 0.2) is 0 Å². The van der Waals surface area contributed by atoms with Gasteiger partial charge in [0.15, 0.2) is 0 Å². The fourth-order valence-electron chi connectivity index (χ4n) is 2.99. The van der Waals surface area contributed by atoms with Gasteiger partial charge in [0.1, 0.15) is 6.54 Å². The zero-order valence-corrected chi connectivity index (χ0v) is 10.9. The van der Waals surface area contributed by atoms with Crippen LogP contribution in [-0.4, -0.2) is 35.7 Å². The summed E-state index contributed by atoms with van der Waals surface area (Å²) in [6.45, 7) is -0.0959. The van der Waals surface area contributed by atoms with Gasteiger partial charge in [0, 0.05) is 6.42 Å². The van der Waals surface area contributed by atoms with Crippen molar-refractivity contribution in [3.8, 4) is 12.3 Å². The number of nitrogens with zero attached hydrogens (tertiary/aromatic N) is 1. The highest BCUT2D eigenvalue weighted by Gasteiger charge is 2.51. The maximum atomic E-state index is 12.4. The Morgan fingerprint density at radius 2 is 2.00 bits per heavy atom. The molecule has 2 rings (SSSR count). The number of hydrogen-bond acceptors (Lipinski definition) is 3. The number of imide groups is 1. The van der Waals surface area contributed by atoms with E-state index in [0.717, 1.165) is 37.0 Å². The average Bonchev–Trinajstić information content (AvgIpc) is 2.62. The molecule has 5 heteroatoms. The summed E-state index contributed by atoms with van der Waals surface area (Å²) in [6, 6.07) is 0. The van der Waals surface area contributed by atoms with Crippen LogP contribution in [0, 0.1) is 17.8 Å². The molecule has 1 N–H and O–H groups in total. The van der Waals surface area contributed by atoms with E-state index in [1.165, 1.54) is 0 Å². The third kappa shape index (κ3) is 2.62. The topological polar surface area (TPSA) is 66.5 Å². The summed E-state index contributed by atoms with van der Waals surface area (Å²) in [5.74, 6) is 1.49. The molecule has 0 aromatic heterocycles. The van der Waals surface area contributed by atoms with E-state index >= 15 is 0 Å². The molecular weight excluding hydrogens is 244 g/mol. The van der Waals surface area contributed by atoms with Crippen molar-refractivity contribution < 1.29 is 14.4 Å². The Morgan fingerprint density at radius 3 is 2.63 bits per heavy atom. The third-order valence-corrected chi connectivity index (χ3v) is 3.99. The number of terminal acetylenes is 1. The van der Waals surface area contributed by atoms with E-state index in [2.05, 4.69) is 11.2 Å². The van der Waals surface area contributed by atoms with Gasteiger partial charge in [-0.05, 0) is 12.8 Å². The van der Waals surface area contributed by atoms with Crippen LogP contribution in [-0.2, 0) is 14.4 Å². The van der Waals surface area contributed by atoms with Crippen molar-refractivity contribution in [1.29, 1.82) is 0 Å². The molecule has 0 radical (unpaired) electrons. The highest BCUT2D eigenvalue weighted by molar-refractivity contribution is 6.08. The predicted octanol–water partition coefficient (Wildman–Crippen LogP) is 0.445. The van der Waals surface area contributed by atoms with E-state index in [-0.39, 0.29) is 37.2 Å². The van der Waals surface area contributed by atoms with Crippen molar-refractivity contribution in [3.63, 3.8) is 0 Å². The summed E-state index contributed by atoms with van der Waals surface area (Å²) in [5.41, 5.74) is -0.526. The second kappa shape index (κ2) is 5.43. The van der Waals surface area contributed by atoms with Crippen molar-refractivity contribution in [2.45, 2.75) is 38.5 Å². The van der Waals surface area contributed by atoms with Gasteiger partial charge in [0.25, 0.3) is 0 Å². The molecule has 2 aliphatic rings. The lowest BCUT2D eigenvalue weighted by molar-refractivity contribution is -0.145. The average molecular weight is 262 g/mol. The molecule has 5 nitrogen and oxygen atoms in total. The van der Waals surface area contributed by atoms with Gasteiger partial charge in [-0.2, -0.15) is 0 Å². The first kappa shape index (κ1) is 13.6. The number of amides is 3. The van der Waals surface area contributed by atoms with Crippen LogP contribution in [0.2, 0.25) is 0 Å². The standard InChI is InChI=1S/C14H18N2O3/c1-2-8-15-11(17)10-16-12(18)9-14(13(16)19)6-4-3-5-7-14/h1H,3-10H2,(H,15,17). The highest BCUT2D eigenvalue weighted by atomic mass is 16.2. The summed E-state index contributed by atoms with van der Waals surface area (Å²) in [5, 5.41) is 2.47. The molecule has 3 amide bonds. The van der Waals surface area contributed by atoms with E-state index in [1.807, 2.05) is 0 Å². The summed E-state index contributed by atoms with van der Waals surface area (Å²) in [7, 11) is 0. The molecule has 1 saturated heterocycles. The van der Waals surface area contributed by atoms with Gasteiger partial charge in [0.2, 0.25) is 17.7 Å². The van der Waals surface area contributed by atoms with Crippen LogP contribution in [0.5, 0.6) is 0 Å². The molecule has 102 valence electrons. The van der Waals surface area contributed by atoms with E-state index in [9.17, 15) is 14.4 Å². The normalized spacial score (nSPS) is 21.5. The van der Waals surface area contributed by atoms with Crippen LogP contribution >= 0.6 is 0 Å². The maximum Gasteiger partial charge on any atom is 0.240 e. The molecule has 0 bridgehead atoms. The summed E-state index contributed by atoms with van der Waals surface area (Å²) in [6.07, 6.45) is 9.91. The monoisotopic (exact) mass is 262 g/mol. The van der Waals surface area contributed by atoms with Gasteiger partial charge in [-0.3, -0.25) is 19.3 Å². The lowest BCUT2D eigenvalue weighted by atomic mass is 9.73. The number of carbonyl (C=O) groups excluding carboxylic acids is 3. The van der Waals surface area contributed by atoms with Gasteiger partial charge >= 0.3 is 0 Å². The molecule has 0 atom stereocenters. The third-order valence-electron chi connectivity index (χ3n) is 3.99. The number of rotatable bonds is 3. The largest absolute Gasteiger partial charge is 0.344 e. The molecule has 1 spiro atoms. The van der Waals surface area contributed by atoms with Crippen LogP contribution < -0.4 is 5.32 Å². The first-order valence-corrected chi connectivity index (χ1v) is 6.64. The minimum atomic E-state index is -0.526. The lowest BCUT2D eigenvalue weighted by Gasteiger charge is -2.30. The van der Waals surface area contributed by atoms with E-state index < -0.39 is 5.41 Å². The van der Waals surface area contributed by atoms with Crippen LogP contribution in [0.4, 0.5) is 0 Å². The zero-order valence-electron chi connectivity index (χ0n) is 10.9. The van der Waals surface area contributed by atoms with Crippen LogP contribution in [0.3, 0.4) is 0 Å². The molecule has 2 fully saturated rings. The van der Waals surface area contributed by atoms with Crippen molar-refractivity contribution in [3.05, 3.63) is 0 Å². The molecular formula is C14H18N2O3. The summed E-state index contributed by atoms with van der Waals surface area (Å²) in [4.78, 5) is 37.0. The smallest absolute Gasteiger partial charge is 0.240 e. The lowest BCUT2D eigenvalue weighted by Crippen LogP contribution is -2.43. The Labute approximate surface area is 112 Å². The number of nitrogens with one attached hydrogen (secondary N) is 1. The zero-order chi connectivity index (χ0) is 13.9. The number of hydrogen-bond donors (Lipinski definition) is 1. The van der Waals surface area contributed by atoms with E-state index in [4.69, 9.17) is 6.42 Å². The van der Waals surface area contributed by atoms with Gasteiger partial charge in [-0.1, -0.05) is 25.2 Å². The van der Waals surface area contributed by atoms with E-state index in [1.54, 1.807) is 0 Å². The Balaban J connectivity index is 2.02. The van der Waals surface area contributed by atoms with Crippen molar-refractivity contribution >= 4 is 17.7 Å². The minimum absolute atomic E-state index is 0.111. The molecule has 0 aromatic rings. The molecule has 0 aromatic carbocycles. The minimum Gasteiger partial charge on any atom is -0.344 e. The maximum absolute atomic E-state index is 12.4. The second-order valence-corrected chi connectivity index (χ2v) is 5.28. The predicted molar refractivity (Wildman–Crippen MR) is 68.7 cm³/mol. The SMILES string of the molecule is C#CCNC(=O)CN1C(=O)CC2(CCCCC2)C1=O. The fraction of sp³-hybridized carbons (Fsp3) is 0.643. The Kier molecular flexibility index (Phi) is 3.89. The Bertz CT molecular complexity index is 444. The van der Waals surface area contributed by atoms with Crippen molar-refractivity contribution in [2.75, 3.05) is 13.1 Å². The van der Waals surface area contributed by atoms with E-state index in [0.29, 0.717) is 0 Å². The first-order valence-electron chi connectivity index (χ1n) is 6.64. The Morgan fingerprint density at radius 1 is 1.32 bits per heavy atom. The van der Waals surface area contributed by atoms with Gasteiger partial charge < -0.3 is 5.32 Å². The van der Waals surface area contributed by atoms with Gasteiger partial charge in [-0.25, -0.2) is 0 Å². The molecule has 1 heterocycles. The molecule has 1 saturated carbocycles. The second-order valence-electron chi connectivity index (χ2n) is 5.28. The molecule has 19 heavy (non-hydrogen) atoms. The van der Waals surface area contributed by atoms with Crippen LogP contribution in [0.1, 0.15) is 38.5 Å². The summed E-state index contributed by atoms with van der Waals surface area (Å²) < 4.78 is 0. The quantitative estimate of drug-likeness (QED) is 0.593. The molecule has 1 aliphatic heterocycles. The first-order chi connectivity index (χ1) is 9.09. The number of likely N-dealkylation sites (tertiary alicyclic amines) is 1. The fourth-order valence-corrected chi connectivity index (χ4v) is 2.99.